The van der Waals surface area contributed by atoms with Gasteiger partial charge in [-0.2, -0.15) is 5.10 Å². The fourth-order valence-corrected chi connectivity index (χ4v) is 3.73. The van der Waals surface area contributed by atoms with Gasteiger partial charge in [0.2, 0.25) is 5.91 Å². The first kappa shape index (κ1) is 22.1. The fraction of sp³-hybridized carbons (Fsp3) is 0.409. The third-order valence-electron chi connectivity index (χ3n) is 5.18. The maximum atomic E-state index is 13.0. The molecule has 0 spiro atoms. The Hall–Kier alpha value is -2.64. The number of carbonyl (C=O) groups excluding carboxylic acids is 1. The van der Waals surface area contributed by atoms with Crippen molar-refractivity contribution in [3.05, 3.63) is 62.8 Å². The zero-order valence-electron chi connectivity index (χ0n) is 17.6. The first-order valence-electron chi connectivity index (χ1n) is 10.1. The molecular weight excluding hydrogens is 404 g/mol. The highest BCUT2D eigenvalue weighted by Crippen LogP contribution is 2.25. The molecular formula is C22H27ClN4O3. The Bertz CT molecular complexity index is 1100. The number of aromatic nitrogens is 3. The molecule has 0 aliphatic carbocycles. The second-order valence-electron chi connectivity index (χ2n) is 7.14. The van der Waals surface area contributed by atoms with Crippen LogP contribution in [0.4, 0.5) is 0 Å². The number of fused-ring (bicyclic) bond motifs is 1. The van der Waals surface area contributed by atoms with Crippen LogP contribution < -0.4 is 10.9 Å². The van der Waals surface area contributed by atoms with E-state index in [1.807, 2.05) is 45.0 Å². The number of nitrogens with one attached hydrogen (secondary N) is 1. The Balaban J connectivity index is 1.82. The Labute approximate surface area is 180 Å². The van der Waals surface area contributed by atoms with Gasteiger partial charge in [0.25, 0.3) is 5.56 Å². The second-order valence-corrected chi connectivity index (χ2v) is 7.55. The van der Waals surface area contributed by atoms with Crippen LogP contribution >= 0.6 is 11.6 Å². The molecule has 0 aliphatic rings. The van der Waals surface area contributed by atoms with Crippen LogP contribution in [0.3, 0.4) is 0 Å². The van der Waals surface area contributed by atoms with E-state index >= 15 is 0 Å². The average Bonchev–Trinajstić information content (AvgIpc) is 2.96. The molecule has 7 nitrogen and oxygen atoms in total. The van der Waals surface area contributed by atoms with Crippen molar-refractivity contribution >= 4 is 28.3 Å². The van der Waals surface area contributed by atoms with Gasteiger partial charge in [-0.05, 0) is 38.8 Å². The summed E-state index contributed by atoms with van der Waals surface area (Å²) in [5, 5.41) is 9.08. The molecule has 3 aromatic rings. The number of carbonyl (C=O) groups is 1. The standard InChI is InChI=1S/C22H27ClN4O3/c1-4-30-11-7-10-24-20(28)14-27-22(29)21-16(3)26(15(2)18(21)12-25-27)13-17-8-5-6-9-19(17)23/h5-6,8-9,12H,4,7,10-11,13-14H2,1-3H3,(H,24,28). The predicted octanol–water partition coefficient (Wildman–Crippen LogP) is 3.06. The molecule has 2 heterocycles. The lowest BCUT2D eigenvalue weighted by atomic mass is 10.2. The molecule has 1 aromatic carbocycles. The Morgan fingerprint density at radius 2 is 2.00 bits per heavy atom. The maximum absolute atomic E-state index is 13.0. The van der Waals surface area contributed by atoms with Gasteiger partial charge in [-0.3, -0.25) is 9.59 Å². The molecule has 1 amide bonds. The normalized spacial score (nSPS) is 11.2. The van der Waals surface area contributed by atoms with Gasteiger partial charge < -0.3 is 14.6 Å². The van der Waals surface area contributed by atoms with Crippen LogP contribution in [0.25, 0.3) is 10.8 Å². The van der Waals surface area contributed by atoms with Gasteiger partial charge in [0.15, 0.2) is 0 Å². The van der Waals surface area contributed by atoms with Gasteiger partial charge in [0, 0.05) is 48.1 Å². The van der Waals surface area contributed by atoms with Crippen LogP contribution in [0.1, 0.15) is 30.3 Å². The summed E-state index contributed by atoms with van der Waals surface area (Å²) in [5.74, 6) is -0.245. The molecule has 0 radical (unpaired) electrons. The Morgan fingerprint density at radius 3 is 2.73 bits per heavy atom. The summed E-state index contributed by atoms with van der Waals surface area (Å²) in [7, 11) is 0. The van der Waals surface area contributed by atoms with Crippen molar-refractivity contribution in [2.75, 3.05) is 19.8 Å². The van der Waals surface area contributed by atoms with Crippen LogP contribution in [-0.2, 0) is 22.6 Å². The molecule has 8 heteroatoms. The summed E-state index contributed by atoms with van der Waals surface area (Å²) in [6.45, 7) is 8.00. The number of benzene rings is 1. The lowest BCUT2D eigenvalue weighted by molar-refractivity contribution is -0.121. The van der Waals surface area contributed by atoms with Gasteiger partial charge in [0.05, 0.1) is 11.6 Å². The van der Waals surface area contributed by atoms with Crippen molar-refractivity contribution in [3.8, 4) is 0 Å². The molecule has 30 heavy (non-hydrogen) atoms. The van der Waals surface area contributed by atoms with E-state index in [1.165, 1.54) is 4.68 Å². The first-order chi connectivity index (χ1) is 14.4. The molecule has 0 bridgehead atoms. The van der Waals surface area contributed by atoms with Gasteiger partial charge >= 0.3 is 0 Å². The molecule has 0 unspecified atom stereocenters. The number of hydrogen-bond donors (Lipinski definition) is 1. The van der Waals surface area contributed by atoms with E-state index in [0.717, 1.165) is 28.8 Å². The van der Waals surface area contributed by atoms with Crippen LogP contribution in [0.15, 0.2) is 35.3 Å². The van der Waals surface area contributed by atoms with Crippen molar-refractivity contribution in [2.24, 2.45) is 0 Å². The monoisotopic (exact) mass is 430 g/mol. The summed E-state index contributed by atoms with van der Waals surface area (Å²) in [6, 6.07) is 7.66. The van der Waals surface area contributed by atoms with E-state index in [0.29, 0.717) is 36.7 Å². The fourth-order valence-electron chi connectivity index (χ4n) is 3.53. The SMILES string of the molecule is CCOCCCNC(=O)Cn1ncc2c(C)n(Cc3ccccc3Cl)c(C)c2c1=O. The zero-order valence-corrected chi connectivity index (χ0v) is 18.3. The summed E-state index contributed by atoms with van der Waals surface area (Å²) in [6.07, 6.45) is 2.38. The highest BCUT2D eigenvalue weighted by Gasteiger charge is 2.18. The predicted molar refractivity (Wildman–Crippen MR) is 118 cm³/mol. The van der Waals surface area contributed by atoms with Gasteiger partial charge in [-0.1, -0.05) is 29.8 Å². The van der Waals surface area contributed by atoms with Crippen molar-refractivity contribution in [2.45, 2.75) is 40.3 Å². The van der Waals surface area contributed by atoms with Crippen LogP contribution in [-0.4, -0.2) is 40.0 Å². The summed E-state index contributed by atoms with van der Waals surface area (Å²) in [4.78, 5) is 25.2. The molecule has 2 aromatic heterocycles. The van der Waals surface area contributed by atoms with E-state index in [2.05, 4.69) is 15.0 Å². The lowest BCUT2D eigenvalue weighted by Crippen LogP contribution is -2.34. The van der Waals surface area contributed by atoms with E-state index in [-0.39, 0.29) is 18.0 Å². The van der Waals surface area contributed by atoms with Crippen molar-refractivity contribution < 1.29 is 9.53 Å². The van der Waals surface area contributed by atoms with Crippen LogP contribution in [0.2, 0.25) is 5.02 Å². The quantitative estimate of drug-likeness (QED) is 0.529. The Morgan fingerprint density at radius 1 is 1.23 bits per heavy atom. The minimum absolute atomic E-state index is 0.114. The molecule has 3 rings (SSSR count). The molecule has 0 saturated carbocycles. The topological polar surface area (TPSA) is 78.2 Å². The number of halogens is 1. The van der Waals surface area contributed by atoms with Gasteiger partial charge in [0.1, 0.15) is 6.54 Å². The minimum atomic E-state index is -0.268. The van der Waals surface area contributed by atoms with Crippen molar-refractivity contribution in [1.29, 1.82) is 0 Å². The Kier molecular flexibility index (Phi) is 7.29. The van der Waals surface area contributed by atoms with Crippen LogP contribution in [0, 0.1) is 13.8 Å². The summed E-state index contributed by atoms with van der Waals surface area (Å²) in [5.41, 5.74) is 2.49. The molecule has 0 saturated heterocycles. The molecule has 0 fully saturated rings. The zero-order chi connectivity index (χ0) is 21.7. The minimum Gasteiger partial charge on any atom is -0.382 e. The third-order valence-corrected chi connectivity index (χ3v) is 5.55. The molecule has 0 atom stereocenters. The molecule has 1 N–H and O–H groups in total. The smallest absolute Gasteiger partial charge is 0.276 e. The van der Waals surface area contributed by atoms with Gasteiger partial charge in [-0.15, -0.1) is 0 Å². The number of amides is 1. The third kappa shape index (κ3) is 4.74. The second kappa shape index (κ2) is 9.91. The number of ether oxygens (including phenoxy) is 1. The summed E-state index contributed by atoms with van der Waals surface area (Å²) < 4.78 is 8.53. The van der Waals surface area contributed by atoms with Crippen molar-refractivity contribution in [1.82, 2.24) is 19.7 Å². The lowest BCUT2D eigenvalue weighted by Gasteiger charge is -2.10. The first-order valence-corrected chi connectivity index (χ1v) is 10.4. The largest absolute Gasteiger partial charge is 0.382 e. The number of aryl methyl sites for hydroxylation is 2. The highest BCUT2D eigenvalue weighted by atomic mass is 35.5. The molecule has 160 valence electrons. The van der Waals surface area contributed by atoms with E-state index in [1.54, 1.807) is 6.20 Å². The van der Waals surface area contributed by atoms with E-state index in [4.69, 9.17) is 16.3 Å². The van der Waals surface area contributed by atoms with E-state index in [9.17, 15) is 9.59 Å². The van der Waals surface area contributed by atoms with Crippen LogP contribution in [0.5, 0.6) is 0 Å². The number of nitrogens with zero attached hydrogens (tertiary/aromatic N) is 3. The highest BCUT2D eigenvalue weighted by molar-refractivity contribution is 6.31. The van der Waals surface area contributed by atoms with E-state index < -0.39 is 0 Å². The number of hydrogen-bond acceptors (Lipinski definition) is 4. The maximum Gasteiger partial charge on any atom is 0.276 e. The van der Waals surface area contributed by atoms with Crippen molar-refractivity contribution in [3.63, 3.8) is 0 Å². The number of rotatable bonds is 9. The summed E-state index contributed by atoms with van der Waals surface area (Å²) >= 11 is 6.32. The van der Waals surface area contributed by atoms with Gasteiger partial charge in [-0.25, -0.2) is 4.68 Å². The molecule has 0 aliphatic heterocycles. The average molecular weight is 431 g/mol.